The van der Waals surface area contributed by atoms with Crippen LogP contribution in [0.2, 0.25) is 5.02 Å². The van der Waals surface area contributed by atoms with Crippen molar-refractivity contribution in [3.05, 3.63) is 53.1 Å². The molecule has 0 saturated carbocycles. The van der Waals surface area contributed by atoms with Crippen LogP contribution in [-0.2, 0) is 9.84 Å². The van der Waals surface area contributed by atoms with Gasteiger partial charge in [0.25, 0.3) is 15.7 Å². The smallest absolute Gasteiger partial charge is 0.384 e. The number of nitrogens with one attached hydrogen (secondary N) is 2. The average Bonchev–Trinajstić information content (AvgIpc) is 2.56. The number of rotatable bonds is 5. The molecule has 0 aliphatic carbocycles. The first-order chi connectivity index (χ1) is 12.1. The summed E-state index contributed by atoms with van der Waals surface area (Å²) < 4.78 is 61.5. The topological polar surface area (TPSA) is 75.3 Å². The highest BCUT2D eigenvalue weighted by Gasteiger charge is 2.47. The van der Waals surface area contributed by atoms with Gasteiger partial charge in [-0.1, -0.05) is 11.6 Å². The van der Waals surface area contributed by atoms with Gasteiger partial charge in [0.15, 0.2) is 0 Å². The summed E-state index contributed by atoms with van der Waals surface area (Å²) in [5, 5.41) is 5.68. The quantitative estimate of drug-likeness (QED) is 0.775. The van der Waals surface area contributed by atoms with Crippen LogP contribution < -0.4 is 10.6 Å². The van der Waals surface area contributed by atoms with Gasteiger partial charge in [0.2, 0.25) is 0 Å². The highest BCUT2D eigenvalue weighted by molar-refractivity contribution is 7.92. The second-order valence-electron chi connectivity index (χ2n) is 5.15. The number of amides is 1. The Kier molecular flexibility index (Phi) is 5.82. The Morgan fingerprint density at radius 3 is 2.23 bits per heavy atom. The van der Waals surface area contributed by atoms with Crippen molar-refractivity contribution in [1.82, 2.24) is 0 Å². The molecule has 0 unspecified atom stereocenters. The monoisotopic (exact) mass is 406 g/mol. The van der Waals surface area contributed by atoms with Crippen molar-refractivity contribution in [2.45, 2.75) is 17.3 Å². The van der Waals surface area contributed by atoms with Gasteiger partial charge in [0.1, 0.15) is 0 Å². The molecule has 0 heterocycles. The van der Waals surface area contributed by atoms with Crippen LogP contribution in [0.25, 0.3) is 0 Å². The van der Waals surface area contributed by atoms with E-state index in [0.717, 1.165) is 12.1 Å². The van der Waals surface area contributed by atoms with E-state index in [-0.39, 0.29) is 16.9 Å². The van der Waals surface area contributed by atoms with Crippen molar-refractivity contribution in [1.29, 1.82) is 0 Å². The maximum absolute atomic E-state index is 12.8. The van der Waals surface area contributed by atoms with Crippen LogP contribution in [0.4, 0.5) is 24.5 Å². The fourth-order valence-electron chi connectivity index (χ4n) is 2.07. The molecule has 10 heteroatoms. The van der Waals surface area contributed by atoms with Gasteiger partial charge in [-0.15, -0.1) is 0 Å². The molecule has 0 aliphatic rings. The van der Waals surface area contributed by atoms with E-state index in [2.05, 4.69) is 10.6 Å². The Bertz CT molecular complexity index is 913. The number of hydrogen-bond acceptors (Lipinski definition) is 4. The largest absolute Gasteiger partial charge is 0.501 e. The highest BCUT2D eigenvalue weighted by Crippen LogP contribution is 2.34. The Morgan fingerprint density at radius 2 is 1.69 bits per heavy atom. The predicted octanol–water partition coefficient (Wildman–Crippen LogP) is 4.32. The number of carbonyl (C=O) groups is 1. The molecular formula is C16H14ClF3N2O3S. The third-order valence-electron chi connectivity index (χ3n) is 3.33. The third-order valence-corrected chi connectivity index (χ3v) is 5.06. The fourth-order valence-corrected chi connectivity index (χ4v) is 2.98. The lowest BCUT2D eigenvalue weighted by atomic mass is 10.2. The molecule has 2 rings (SSSR count). The fraction of sp³-hybridized carbons (Fsp3) is 0.188. The lowest BCUT2D eigenvalue weighted by Crippen LogP contribution is -2.23. The number of anilines is 2. The lowest BCUT2D eigenvalue weighted by molar-refractivity contribution is -0.0436. The summed E-state index contributed by atoms with van der Waals surface area (Å²) in [7, 11) is -5.53. The van der Waals surface area contributed by atoms with E-state index < -0.39 is 26.1 Å². The zero-order valence-corrected chi connectivity index (χ0v) is 15.0. The summed E-state index contributed by atoms with van der Waals surface area (Å²) >= 11 is 5.74. The van der Waals surface area contributed by atoms with Gasteiger partial charge in [0, 0.05) is 17.1 Å². The second-order valence-corrected chi connectivity index (χ2v) is 7.53. The van der Waals surface area contributed by atoms with Crippen molar-refractivity contribution < 1.29 is 26.4 Å². The minimum atomic E-state index is -5.53. The van der Waals surface area contributed by atoms with Crippen LogP contribution in [0.5, 0.6) is 0 Å². The minimum absolute atomic E-state index is 0.0860. The Labute approximate surface area is 153 Å². The normalized spacial score (nSPS) is 11.9. The first kappa shape index (κ1) is 20.1. The van der Waals surface area contributed by atoms with E-state index in [4.69, 9.17) is 11.6 Å². The Hall–Kier alpha value is -2.26. The van der Waals surface area contributed by atoms with Gasteiger partial charge >= 0.3 is 5.51 Å². The van der Waals surface area contributed by atoms with Crippen molar-refractivity contribution >= 4 is 38.7 Å². The maximum Gasteiger partial charge on any atom is 0.501 e. The maximum atomic E-state index is 12.8. The van der Waals surface area contributed by atoms with Crippen molar-refractivity contribution in [3.63, 3.8) is 0 Å². The molecule has 0 aliphatic heterocycles. The summed E-state index contributed by atoms with van der Waals surface area (Å²) in [4.78, 5) is 11.3. The zero-order valence-electron chi connectivity index (χ0n) is 13.4. The summed E-state index contributed by atoms with van der Waals surface area (Å²) in [5.41, 5.74) is -5.03. The van der Waals surface area contributed by atoms with Gasteiger partial charge < -0.3 is 10.6 Å². The highest BCUT2D eigenvalue weighted by atomic mass is 35.5. The van der Waals surface area contributed by atoms with Crippen molar-refractivity contribution in [3.8, 4) is 0 Å². The standard InChI is InChI=1S/C16H14ClF3N2O3S/c1-2-21-13-8-7-12(26(24,25)16(18,19)20)9-14(13)22-15(23)10-3-5-11(17)6-4-10/h3-9,21H,2H2,1H3,(H,22,23). The number of sulfone groups is 1. The summed E-state index contributed by atoms with van der Waals surface area (Å²) in [5.74, 6) is -0.623. The van der Waals surface area contributed by atoms with E-state index in [9.17, 15) is 26.4 Å². The second kappa shape index (κ2) is 7.55. The van der Waals surface area contributed by atoms with E-state index in [1.807, 2.05) is 0 Å². The van der Waals surface area contributed by atoms with E-state index in [1.165, 1.54) is 30.3 Å². The van der Waals surface area contributed by atoms with Crippen molar-refractivity contribution in [2.75, 3.05) is 17.2 Å². The molecule has 0 spiro atoms. The van der Waals surface area contributed by atoms with Gasteiger partial charge in [-0.3, -0.25) is 4.79 Å². The van der Waals surface area contributed by atoms with Gasteiger partial charge in [0.05, 0.1) is 16.3 Å². The first-order valence-corrected chi connectivity index (χ1v) is 9.18. The van der Waals surface area contributed by atoms with E-state index >= 15 is 0 Å². The van der Waals surface area contributed by atoms with E-state index in [1.54, 1.807) is 6.92 Å². The summed E-state index contributed by atoms with van der Waals surface area (Å²) in [6.07, 6.45) is 0. The molecule has 0 bridgehead atoms. The van der Waals surface area contributed by atoms with Crippen LogP contribution in [0.3, 0.4) is 0 Å². The predicted molar refractivity (Wildman–Crippen MR) is 93.3 cm³/mol. The van der Waals surface area contributed by atoms with E-state index in [0.29, 0.717) is 11.6 Å². The zero-order chi connectivity index (χ0) is 19.5. The van der Waals surface area contributed by atoms with Crippen LogP contribution in [0, 0.1) is 0 Å². The molecule has 2 aromatic carbocycles. The summed E-state index contributed by atoms with van der Waals surface area (Å²) in [6.45, 7) is 2.15. The number of carbonyl (C=O) groups excluding carboxylic acids is 1. The SMILES string of the molecule is CCNc1ccc(S(=O)(=O)C(F)(F)F)cc1NC(=O)c1ccc(Cl)cc1. The van der Waals surface area contributed by atoms with Gasteiger partial charge in [-0.25, -0.2) is 8.42 Å². The van der Waals surface area contributed by atoms with Crippen molar-refractivity contribution in [2.24, 2.45) is 0 Å². The molecule has 2 aromatic rings. The molecule has 0 radical (unpaired) electrons. The number of alkyl halides is 3. The van der Waals surface area contributed by atoms with Crippen LogP contribution >= 0.6 is 11.6 Å². The molecule has 26 heavy (non-hydrogen) atoms. The van der Waals surface area contributed by atoms with Crippen LogP contribution in [-0.4, -0.2) is 26.4 Å². The Balaban J connectivity index is 2.43. The molecule has 0 atom stereocenters. The molecule has 1 amide bonds. The molecular weight excluding hydrogens is 393 g/mol. The van der Waals surface area contributed by atoms with Crippen LogP contribution in [0.15, 0.2) is 47.4 Å². The minimum Gasteiger partial charge on any atom is -0.384 e. The molecule has 0 fully saturated rings. The number of halogens is 4. The molecule has 140 valence electrons. The Morgan fingerprint density at radius 1 is 1.08 bits per heavy atom. The third kappa shape index (κ3) is 4.28. The molecule has 0 aromatic heterocycles. The molecule has 5 nitrogen and oxygen atoms in total. The molecule has 2 N–H and O–H groups in total. The average molecular weight is 407 g/mol. The number of benzene rings is 2. The van der Waals surface area contributed by atoms with Gasteiger partial charge in [-0.2, -0.15) is 13.2 Å². The summed E-state index contributed by atoms with van der Waals surface area (Å²) in [6, 6.07) is 8.59. The first-order valence-electron chi connectivity index (χ1n) is 7.32. The van der Waals surface area contributed by atoms with Gasteiger partial charge in [-0.05, 0) is 49.4 Å². The number of hydrogen-bond donors (Lipinski definition) is 2. The lowest BCUT2D eigenvalue weighted by Gasteiger charge is -2.15. The molecule has 0 saturated heterocycles. The van der Waals surface area contributed by atoms with Crippen LogP contribution in [0.1, 0.15) is 17.3 Å².